The zero-order valence-electron chi connectivity index (χ0n) is 15.4. The molecule has 0 bridgehead atoms. The molecule has 1 heterocycles. The van der Waals surface area contributed by atoms with E-state index in [1.54, 1.807) is 12.1 Å². The Labute approximate surface area is 157 Å². The number of carbonyl (C=O) groups is 2. The van der Waals surface area contributed by atoms with Crippen LogP contribution in [0.5, 0.6) is 0 Å². The number of esters is 1. The number of nitrogens with two attached hydrogens (primary N) is 1. The van der Waals surface area contributed by atoms with Gasteiger partial charge in [0.05, 0.1) is 18.1 Å². The van der Waals surface area contributed by atoms with E-state index in [1.165, 1.54) is 18.9 Å². The van der Waals surface area contributed by atoms with Crippen molar-refractivity contribution in [1.82, 2.24) is 5.32 Å². The summed E-state index contributed by atoms with van der Waals surface area (Å²) in [6.45, 7) is 1.82. The van der Waals surface area contributed by atoms with Crippen LogP contribution in [0.3, 0.4) is 0 Å². The minimum absolute atomic E-state index is 0.0673. The fourth-order valence-electron chi connectivity index (χ4n) is 3.50. The van der Waals surface area contributed by atoms with Crippen LogP contribution in [0.4, 0.5) is 0 Å². The Morgan fingerprint density at radius 1 is 1.30 bits per heavy atom. The fraction of sp³-hybridized carbons (Fsp3) is 0.450. The summed E-state index contributed by atoms with van der Waals surface area (Å²) in [5.41, 5.74) is 6.18. The van der Waals surface area contributed by atoms with Gasteiger partial charge in [0.25, 0.3) is 5.91 Å². The number of nitrogens with one attached hydrogen (secondary N) is 2. The number of fused-ring (bicyclic) bond motifs is 1. The van der Waals surface area contributed by atoms with E-state index in [1.807, 2.05) is 6.92 Å². The molecule has 1 amide bonds. The van der Waals surface area contributed by atoms with E-state index < -0.39 is 17.9 Å². The van der Waals surface area contributed by atoms with Crippen molar-refractivity contribution in [2.75, 3.05) is 0 Å². The van der Waals surface area contributed by atoms with E-state index in [0.717, 1.165) is 31.1 Å². The van der Waals surface area contributed by atoms with Gasteiger partial charge in [-0.2, -0.15) is 0 Å². The Morgan fingerprint density at radius 2 is 2.04 bits per heavy atom. The molecule has 0 radical (unpaired) electrons. The summed E-state index contributed by atoms with van der Waals surface area (Å²) in [5.74, 6) is -1.11. The van der Waals surface area contributed by atoms with Gasteiger partial charge in [-0.25, -0.2) is 4.79 Å². The SMILES string of the molecule is CCC(NC(=O)c1c(C(=N)N)ccc2cocc12)C(=O)OC1CCCCC1. The molecule has 0 spiro atoms. The molecule has 4 N–H and O–H groups in total. The first-order valence-corrected chi connectivity index (χ1v) is 9.36. The van der Waals surface area contributed by atoms with Gasteiger partial charge in [-0.1, -0.05) is 19.4 Å². The first kappa shape index (κ1) is 18.9. The van der Waals surface area contributed by atoms with E-state index in [-0.39, 0.29) is 17.5 Å². The first-order valence-electron chi connectivity index (χ1n) is 9.36. The Kier molecular flexibility index (Phi) is 5.78. The molecule has 1 aromatic carbocycles. The lowest BCUT2D eigenvalue weighted by Gasteiger charge is -2.25. The number of carbonyl (C=O) groups excluding carboxylic acids is 2. The lowest BCUT2D eigenvalue weighted by molar-refractivity contribution is -0.152. The number of rotatable bonds is 6. The van der Waals surface area contributed by atoms with Crippen molar-refractivity contribution in [2.24, 2.45) is 5.73 Å². The average Bonchev–Trinajstić information content (AvgIpc) is 3.14. The number of hydrogen-bond acceptors (Lipinski definition) is 5. The Hall–Kier alpha value is -2.83. The molecule has 7 heteroatoms. The zero-order chi connectivity index (χ0) is 19.4. The molecular formula is C20H25N3O4. The number of hydrogen-bond donors (Lipinski definition) is 3. The summed E-state index contributed by atoms with van der Waals surface area (Å²) in [4.78, 5) is 25.5. The van der Waals surface area contributed by atoms with Crippen LogP contribution in [0.25, 0.3) is 10.8 Å². The fourth-order valence-corrected chi connectivity index (χ4v) is 3.50. The van der Waals surface area contributed by atoms with Crippen LogP contribution in [-0.2, 0) is 9.53 Å². The summed E-state index contributed by atoms with van der Waals surface area (Å²) in [5, 5.41) is 11.8. The molecule has 7 nitrogen and oxygen atoms in total. The Morgan fingerprint density at radius 3 is 2.70 bits per heavy atom. The molecule has 3 rings (SSSR count). The summed E-state index contributed by atoms with van der Waals surface area (Å²) >= 11 is 0. The quantitative estimate of drug-likeness (QED) is 0.410. The topological polar surface area (TPSA) is 118 Å². The lowest BCUT2D eigenvalue weighted by atomic mass is 9.97. The van der Waals surface area contributed by atoms with Gasteiger partial charge < -0.3 is 20.2 Å². The third kappa shape index (κ3) is 4.13. The van der Waals surface area contributed by atoms with E-state index in [4.69, 9.17) is 20.3 Å². The number of ether oxygens (including phenoxy) is 1. The summed E-state index contributed by atoms with van der Waals surface area (Å²) in [6.07, 6.45) is 8.35. The molecule has 144 valence electrons. The average molecular weight is 371 g/mol. The predicted molar refractivity (Wildman–Crippen MR) is 102 cm³/mol. The van der Waals surface area contributed by atoms with Crippen molar-refractivity contribution < 1.29 is 18.7 Å². The van der Waals surface area contributed by atoms with Crippen LogP contribution in [0.15, 0.2) is 29.1 Å². The highest BCUT2D eigenvalue weighted by atomic mass is 16.5. The zero-order valence-corrected chi connectivity index (χ0v) is 15.4. The maximum atomic E-state index is 12.9. The molecular weight excluding hydrogens is 346 g/mol. The van der Waals surface area contributed by atoms with Crippen molar-refractivity contribution in [2.45, 2.75) is 57.6 Å². The Balaban J connectivity index is 1.79. The molecule has 1 aromatic heterocycles. The molecule has 1 saturated carbocycles. The smallest absolute Gasteiger partial charge is 0.328 e. The molecule has 27 heavy (non-hydrogen) atoms. The van der Waals surface area contributed by atoms with Crippen molar-refractivity contribution >= 4 is 28.5 Å². The van der Waals surface area contributed by atoms with Gasteiger partial charge in [0.15, 0.2) is 0 Å². The van der Waals surface area contributed by atoms with E-state index in [2.05, 4.69) is 5.32 Å². The molecule has 2 aromatic rings. The number of benzene rings is 1. The number of amides is 1. The molecule has 1 fully saturated rings. The highest BCUT2D eigenvalue weighted by Crippen LogP contribution is 2.24. The minimum atomic E-state index is -0.749. The standard InChI is InChI=1S/C20H25N3O4/c1-2-16(20(25)27-13-6-4-3-5-7-13)23-19(24)17-14(18(21)22)9-8-12-10-26-11-15(12)17/h8-11,13,16H,2-7H2,1H3,(H3,21,22)(H,23,24). The van der Waals surface area contributed by atoms with Gasteiger partial charge in [-0.05, 0) is 38.2 Å². The number of amidine groups is 1. The Bertz CT molecular complexity index is 852. The first-order chi connectivity index (χ1) is 13.0. The molecule has 0 saturated heterocycles. The van der Waals surface area contributed by atoms with Crippen LogP contribution >= 0.6 is 0 Å². The van der Waals surface area contributed by atoms with Crippen LogP contribution in [0, 0.1) is 5.41 Å². The third-order valence-corrected chi connectivity index (χ3v) is 5.01. The highest BCUT2D eigenvalue weighted by molar-refractivity contribution is 6.16. The summed E-state index contributed by atoms with van der Waals surface area (Å²) in [6, 6.07) is 2.60. The predicted octanol–water partition coefficient (Wildman–Crippen LogP) is 3.10. The van der Waals surface area contributed by atoms with Crippen molar-refractivity contribution in [3.63, 3.8) is 0 Å². The van der Waals surface area contributed by atoms with Crippen LogP contribution in [0.1, 0.15) is 61.4 Å². The van der Waals surface area contributed by atoms with Gasteiger partial charge in [0.1, 0.15) is 18.0 Å². The second-order valence-electron chi connectivity index (χ2n) is 6.91. The highest BCUT2D eigenvalue weighted by Gasteiger charge is 2.27. The van der Waals surface area contributed by atoms with Crippen LogP contribution in [-0.4, -0.2) is 29.9 Å². The molecule has 1 atom stereocenters. The van der Waals surface area contributed by atoms with E-state index >= 15 is 0 Å². The van der Waals surface area contributed by atoms with Crippen molar-refractivity contribution in [3.05, 3.63) is 35.8 Å². The largest absolute Gasteiger partial charge is 0.471 e. The van der Waals surface area contributed by atoms with Crippen LogP contribution < -0.4 is 11.1 Å². The van der Waals surface area contributed by atoms with Gasteiger partial charge >= 0.3 is 5.97 Å². The second-order valence-corrected chi connectivity index (χ2v) is 6.91. The molecule has 1 unspecified atom stereocenters. The van der Waals surface area contributed by atoms with Crippen molar-refractivity contribution in [1.29, 1.82) is 5.41 Å². The molecule has 0 aliphatic heterocycles. The maximum Gasteiger partial charge on any atom is 0.328 e. The number of furan rings is 1. The monoisotopic (exact) mass is 371 g/mol. The summed E-state index contributed by atoms with van der Waals surface area (Å²) < 4.78 is 10.8. The van der Waals surface area contributed by atoms with E-state index in [0.29, 0.717) is 17.4 Å². The van der Waals surface area contributed by atoms with Crippen molar-refractivity contribution in [3.8, 4) is 0 Å². The minimum Gasteiger partial charge on any atom is -0.471 e. The van der Waals surface area contributed by atoms with Gasteiger partial charge in [0.2, 0.25) is 0 Å². The number of nitrogen functional groups attached to an aromatic ring is 1. The maximum absolute atomic E-state index is 12.9. The lowest BCUT2D eigenvalue weighted by Crippen LogP contribution is -2.43. The van der Waals surface area contributed by atoms with Gasteiger partial charge in [-0.15, -0.1) is 0 Å². The third-order valence-electron chi connectivity index (χ3n) is 5.01. The normalized spacial score (nSPS) is 16.0. The second kappa shape index (κ2) is 8.24. The van der Waals surface area contributed by atoms with E-state index in [9.17, 15) is 9.59 Å². The molecule has 1 aliphatic carbocycles. The van der Waals surface area contributed by atoms with Gasteiger partial charge in [0, 0.05) is 16.3 Å². The van der Waals surface area contributed by atoms with Crippen LogP contribution in [0.2, 0.25) is 0 Å². The summed E-state index contributed by atoms with van der Waals surface area (Å²) in [7, 11) is 0. The molecule has 1 aliphatic rings. The van der Waals surface area contributed by atoms with Gasteiger partial charge in [-0.3, -0.25) is 10.2 Å².